The third-order valence-corrected chi connectivity index (χ3v) is 4.80. The summed E-state index contributed by atoms with van der Waals surface area (Å²) in [5.74, 6) is 1.94. The highest BCUT2D eigenvalue weighted by atomic mass is 79.9. The van der Waals surface area contributed by atoms with Gasteiger partial charge in [0.2, 0.25) is 5.82 Å². The van der Waals surface area contributed by atoms with Gasteiger partial charge >= 0.3 is 0 Å². The molecule has 0 saturated heterocycles. The van der Waals surface area contributed by atoms with E-state index >= 15 is 0 Å². The van der Waals surface area contributed by atoms with Crippen molar-refractivity contribution in [1.29, 1.82) is 0 Å². The lowest BCUT2D eigenvalue weighted by Crippen LogP contribution is -2.03. The van der Waals surface area contributed by atoms with E-state index in [1.54, 1.807) is 6.07 Å². The Balaban J connectivity index is 1.39. The molecule has 1 aromatic heterocycles. The van der Waals surface area contributed by atoms with Crippen molar-refractivity contribution in [3.8, 4) is 22.9 Å². The summed E-state index contributed by atoms with van der Waals surface area (Å²) < 4.78 is 31.1. The number of ether oxygens (including phenoxy) is 2. The van der Waals surface area contributed by atoms with Gasteiger partial charge in [-0.2, -0.15) is 4.98 Å². The molecule has 0 N–H and O–H groups in total. The van der Waals surface area contributed by atoms with E-state index in [4.69, 9.17) is 14.0 Å². The molecule has 4 aromatic rings. The summed E-state index contributed by atoms with van der Waals surface area (Å²) in [6.45, 7) is 2.13. The van der Waals surface area contributed by atoms with Crippen LogP contribution in [0.5, 0.6) is 11.5 Å². The van der Waals surface area contributed by atoms with Gasteiger partial charge in [-0.25, -0.2) is 4.39 Å². The van der Waals surface area contributed by atoms with Crippen LogP contribution in [0.4, 0.5) is 4.39 Å². The first-order chi connectivity index (χ1) is 14.6. The monoisotopic (exact) mass is 468 g/mol. The molecule has 4 rings (SSSR count). The van der Waals surface area contributed by atoms with Crippen molar-refractivity contribution in [3.63, 3.8) is 0 Å². The van der Waals surface area contributed by atoms with Crippen molar-refractivity contribution in [1.82, 2.24) is 10.1 Å². The fourth-order valence-corrected chi connectivity index (χ4v) is 3.18. The SMILES string of the molecule is C[C@H](Oc1cccc(Br)c1)c1nc(-c2ccc(OCc3cccc(F)c3)cc2)no1. The number of aromatic nitrogens is 2. The Kier molecular flexibility index (Phi) is 6.09. The molecule has 152 valence electrons. The van der Waals surface area contributed by atoms with E-state index in [1.165, 1.54) is 12.1 Å². The number of hydrogen-bond acceptors (Lipinski definition) is 5. The zero-order valence-corrected chi connectivity index (χ0v) is 17.7. The summed E-state index contributed by atoms with van der Waals surface area (Å²) in [7, 11) is 0. The molecule has 0 fully saturated rings. The Morgan fingerprint density at radius 2 is 1.80 bits per heavy atom. The van der Waals surface area contributed by atoms with Crippen molar-refractivity contribution in [2.24, 2.45) is 0 Å². The van der Waals surface area contributed by atoms with Gasteiger partial charge in [0, 0.05) is 10.0 Å². The topological polar surface area (TPSA) is 57.4 Å². The van der Waals surface area contributed by atoms with Crippen LogP contribution in [0.3, 0.4) is 0 Å². The van der Waals surface area contributed by atoms with Crippen LogP contribution in [0, 0.1) is 5.82 Å². The van der Waals surface area contributed by atoms with Crippen LogP contribution in [-0.2, 0) is 6.61 Å². The van der Waals surface area contributed by atoms with Gasteiger partial charge in [-0.1, -0.05) is 39.3 Å². The Hall–Kier alpha value is -3.19. The molecular formula is C23H18BrFN2O3. The summed E-state index contributed by atoms with van der Waals surface area (Å²) in [6, 6.07) is 21.2. The minimum absolute atomic E-state index is 0.280. The van der Waals surface area contributed by atoms with Crippen molar-refractivity contribution in [3.05, 3.63) is 94.5 Å². The molecular weight excluding hydrogens is 451 g/mol. The summed E-state index contributed by atoms with van der Waals surface area (Å²) in [4.78, 5) is 4.43. The molecule has 0 aliphatic carbocycles. The molecule has 0 amide bonds. The van der Waals surface area contributed by atoms with Gasteiger partial charge in [-0.05, 0) is 67.1 Å². The van der Waals surface area contributed by atoms with Crippen LogP contribution < -0.4 is 9.47 Å². The molecule has 30 heavy (non-hydrogen) atoms. The van der Waals surface area contributed by atoms with Crippen LogP contribution >= 0.6 is 15.9 Å². The molecule has 0 unspecified atom stereocenters. The summed E-state index contributed by atoms with van der Waals surface area (Å²) in [6.07, 6.45) is -0.394. The second-order valence-electron chi connectivity index (χ2n) is 6.62. The largest absolute Gasteiger partial charge is 0.489 e. The van der Waals surface area contributed by atoms with Crippen LogP contribution in [-0.4, -0.2) is 10.1 Å². The fourth-order valence-electron chi connectivity index (χ4n) is 2.81. The van der Waals surface area contributed by atoms with E-state index in [9.17, 15) is 4.39 Å². The molecule has 1 heterocycles. The second kappa shape index (κ2) is 9.09. The van der Waals surface area contributed by atoms with Gasteiger partial charge in [0.05, 0.1) is 0 Å². The van der Waals surface area contributed by atoms with E-state index in [0.717, 1.165) is 15.6 Å². The van der Waals surface area contributed by atoms with Crippen LogP contribution in [0.25, 0.3) is 11.4 Å². The average molecular weight is 469 g/mol. The molecule has 3 aromatic carbocycles. The predicted octanol–water partition coefficient (Wildman–Crippen LogP) is 6.36. The van der Waals surface area contributed by atoms with E-state index in [-0.39, 0.29) is 12.4 Å². The number of benzene rings is 3. The van der Waals surface area contributed by atoms with Crippen molar-refractivity contribution >= 4 is 15.9 Å². The molecule has 0 aliphatic heterocycles. The first-order valence-corrected chi connectivity index (χ1v) is 10.1. The second-order valence-corrected chi connectivity index (χ2v) is 7.53. The molecule has 0 spiro atoms. The quantitative estimate of drug-likeness (QED) is 0.315. The van der Waals surface area contributed by atoms with Gasteiger partial charge in [0.25, 0.3) is 5.89 Å². The van der Waals surface area contributed by atoms with E-state index < -0.39 is 6.10 Å². The zero-order chi connectivity index (χ0) is 20.9. The van der Waals surface area contributed by atoms with Gasteiger partial charge < -0.3 is 14.0 Å². The number of hydrogen-bond donors (Lipinski definition) is 0. The Labute approximate surface area is 181 Å². The Bertz CT molecular complexity index is 1130. The smallest absolute Gasteiger partial charge is 0.267 e. The molecule has 7 heteroatoms. The van der Waals surface area contributed by atoms with Crippen LogP contribution in [0.15, 0.2) is 81.8 Å². The summed E-state index contributed by atoms with van der Waals surface area (Å²) >= 11 is 3.42. The number of nitrogens with zero attached hydrogens (tertiary/aromatic N) is 2. The highest BCUT2D eigenvalue weighted by Gasteiger charge is 2.17. The maximum absolute atomic E-state index is 13.2. The highest BCUT2D eigenvalue weighted by Crippen LogP contribution is 2.26. The number of halogens is 2. The normalized spacial score (nSPS) is 11.8. The minimum Gasteiger partial charge on any atom is -0.489 e. The van der Waals surface area contributed by atoms with E-state index in [0.29, 0.717) is 23.2 Å². The van der Waals surface area contributed by atoms with Gasteiger partial charge in [-0.15, -0.1) is 0 Å². The van der Waals surface area contributed by atoms with E-state index in [1.807, 2.05) is 61.5 Å². The van der Waals surface area contributed by atoms with Gasteiger partial charge in [-0.3, -0.25) is 0 Å². The molecule has 0 radical (unpaired) electrons. The van der Waals surface area contributed by atoms with Crippen LogP contribution in [0.1, 0.15) is 24.5 Å². The van der Waals surface area contributed by atoms with Gasteiger partial charge in [0.1, 0.15) is 23.9 Å². The molecule has 5 nitrogen and oxygen atoms in total. The van der Waals surface area contributed by atoms with Crippen molar-refractivity contribution in [2.45, 2.75) is 19.6 Å². The Morgan fingerprint density at radius 1 is 1.00 bits per heavy atom. The predicted molar refractivity (Wildman–Crippen MR) is 114 cm³/mol. The molecule has 0 bridgehead atoms. The molecule has 0 saturated carbocycles. The van der Waals surface area contributed by atoms with Crippen molar-refractivity contribution < 1.29 is 18.4 Å². The highest BCUT2D eigenvalue weighted by molar-refractivity contribution is 9.10. The maximum atomic E-state index is 13.2. The van der Waals surface area contributed by atoms with E-state index in [2.05, 4.69) is 26.1 Å². The fraction of sp³-hybridized carbons (Fsp3) is 0.130. The molecule has 1 atom stereocenters. The lowest BCUT2D eigenvalue weighted by molar-refractivity contribution is 0.175. The maximum Gasteiger partial charge on any atom is 0.267 e. The summed E-state index contributed by atoms with van der Waals surface area (Å²) in [5, 5.41) is 4.04. The zero-order valence-electron chi connectivity index (χ0n) is 16.1. The first kappa shape index (κ1) is 20.1. The third-order valence-electron chi connectivity index (χ3n) is 4.31. The summed E-state index contributed by atoms with van der Waals surface area (Å²) in [5.41, 5.74) is 1.55. The lowest BCUT2D eigenvalue weighted by atomic mass is 10.2. The minimum atomic E-state index is -0.394. The van der Waals surface area contributed by atoms with Crippen molar-refractivity contribution in [2.75, 3.05) is 0 Å². The van der Waals surface area contributed by atoms with Gasteiger partial charge in [0.15, 0.2) is 6.10 Å². The third kappa shape index (κ3) is 5.04. The van der Waals surface area contributed by atoms with Crippen LogP contribution in [0.2, 0.25) is 0 Å². The Morgan fingerprint density at radius 3 is 2.57 bits per heavy atom. The molecule has 0 aliphatic rings. The standard InChI is InChI=1S/C23H18BrFN2O3/c1-15(29-21-7-3-5-18(24)13-21)23-26-22(27-30-23)17-8-10-20(11-9-17)28-14-16-4-2-6-19(25)12-16/h2-13,15H,14H2,1H3/t15-/m0/s1. The number of rotatable bonds is 7. The lowest BCUT2D eigenvalue weighted by Gasteiger charge is -2.10. The average Bonchev–Trinajstić information content (AvgIpc) is 3.23. The first-order valence-electron chi connectivity index (χ1n) is 9.30.